The Hall–Kier alpha value is -2.50. The van der Waals surface area contributed by atoms with Crippen LogP contribution in [0.2, 0.25) is 0 Å². The molecule has 0 spiro atoms. The second kappa shape index (κ2) is 8.25. The molecule has 2 aromatic carbocycles. The lowest BCUT2D eigenvalue weighted by Crippen LogP contribution is -2.32. The molecule has 0 unspecified atom stereocenters. The molecule has 0 saturated carbocycles. The molecular formula is C23H27FN4. The van der Waals surface area contributed by atoms with Crippen molar-refractivity contribution in [3.05, 3.63) is 82.9 Å². The average Bonchev–Trinajstić information content (AvgIpc) is 3.26. The molecular weight excluding hydrogens is 351 g/mol. The molecule has 1 saturated heterocycles. The zero-order valence-electron chi connectivity index (χ0n) is 16.5. The lowest BCUT2D eigenvalue weighted by atomic mass is 10.1. The van der Waals surface area contributed by atoms with E-state index < -0.39 is 0 Å². The maximum Gasteiger partial charge on any atom is 0.123 e. The van der Waals surface area contributed by atoms with E-state index in [1.165, 1.54) is 23.3 Å². The Bertz CT molecular complexity index is 918. The van der Waals surface area contributed by atoms with Gasteiger partial charge in [-0.05, 0) is 50.1 Å². The molecule has 1 aromatic heterocycles. The minimum Gasteiger partial charge on any atom is -0.308 e. The zero-order valence-corrected chi connectivity index (χ0v) is 16.5. The van der Waals surface area contributed by atoms with Gasteiger partial charge in [0.25, 0.3) is 0 Å². The van der Waals surface area contributed by atoms with Gasteiger partial charge >= 0.3 is 0 Å². The summed E-state index contributed by atoms with van der Waals surface area (Å²) >= 11 is 0. The highest BCUT2D eigenvalue weighted by Crippen LogP contribution is 2.19. The fourth-order valence-electron chi connectivity index (χ4n) is 4.00. The van der Waals surface area contributed by atoms with Crippen LogP contribution in [0.5, 0.6) is 0 Å². The van der Waals surface area contributed by atoms with Gasteiger partial charge in [0, 0.05) is 43.5 Å². The number of hydrogen-bond acceptors (Lipinski definition) is 3. The maximum absolute atomic E-state index is 13.2. The van der Waals surface area contributed by atoms with Crippen LogP contribution in [-0.4, -0.2) is 33.8 Å². The molecule has 4 rings (SSSR count). The fraction of sp³-hybridized carbons (Fsp3) is 0.348. The van der Waals surface area contributed by atoms with Gasteiger partial charge in [0.1, 0.15) is 5.82 Å². The van der Waals surface area contributed by atoms with Gasteiger partial charge in [0.2, 0.25) is 0 Å². The fourth-order valence-corrected chi connectivity index (χ4v) is 4.00. The summed E-state index contributed by atoms with van der Waals surface area (Å²) in [7, 11) is 0. The SMILES string of the molecule is Cc1nn(-c2ccc(F)cc2)c(C)c1CN[C@H]1CCN(Cc2ccccc2)C1. The predicted octanol–water partition coefficient (Wildman–Crippen LogP) is 3.99. The summed E-state index contributed by atoms with van der Waals surface area (Å²) in [6.07, 6.45) is 1.16. The number of hydrogen-bond donors (Lipinski definition) is 1. The quantitative estimate of drug-likeness (QED) is 0.704. The molecule has 2 heterocycles. The summed E-state index contributed by atoms with van der Waals surface area (Å²) in [6.45, 7) is 8.14. The molecule has 146 valence electrons. The summed E-state index contributed by atoms with van der Waals surface area (Å²) in [5, 5.41) is 8.38. The first-order valence-electron chi connectivity index (χ1n) is 9.91. The van der Waals surface area contributed by atoms with Gasteiger partial charge in [-0.25, -0.2) is 9.07 Å². The number of nitrogens with zero attached hydrogens (tertiary/aromatic N) is 3. The van der Waals surface area contributed by atoms with E-state index in [9.17, 15) is 4.39 Å². The Labute approximate surface area is 166 Å². The van der Waals surface area contributed by atoms with Crippen molar-refractivity contribution >= 4 is 0 Å². The summed E-state index contributed by atoms with van der Waals surface area (Å²) in [5.41, 5.74) is 5.62. The molecule has 1 aliphatic rings. The van der Waals surface area contributed by atoms with Crippen LogP contribution < -0.4 is 5.32 Å². The standard InChI is InChI=1S/C23H27FN4/c1-17-23(18(2)28(26-17)22-10-8-20(24)9-11-22)14-25-21-12-13-27(16-21)15-19-6-4-3-5-7-19/h3-11,21,25H,12-16H2,1-2H3/t21-/m0/s1. The van der Waals surface area contributed by atoms with Crippen LogP contribution >= 0.6 is 0 Å². The Balaban J connectivity index is 1.37. The summed E-state index contributed by atoms with van der Waals surface area (Å²) in [5.74, 6) is -0.228. The molecule has 0 amide bonds. The highest BCUT2D eigenvalue weighted by molar-refractivity contribution is 5.37. The molecule has 4 nitrogen and oxygen atoms in total. The Kier molecular flexibility index (Phi) is 5.55. The number of nitrogens with one attached hydrogen (secondary N) is 1. The third-order valence-corrected chi connectivity index (χ3v) is 5.60. The number of aromatic nitrogens is 2. The van der Waals surface area contributed by atoms with Crippen molar-refractivity contribution in [1.29, 1.82) is 0 Å². The summed E-state index contributed by atoms with van der Waals surface area (Å²) in [4.78, 5) is 2.51. The highest BCUT2D eigenvalue weighted by Gasteiger charge is 2.23. The van der Waals surface area contributed by atoms with E-state index in [1.807, 2.05) is 11.6 Å². The molecule has 0 bridgehead atoms. The third-order valence-electron chi connectivity index (χ3n) is 5.60. The van der Waals surface area contributed by atoms with Crippen LogP contribution in [0, 0.1) is 19.7 Å². The molecule has 1 atom stereocenters. The van der Waals surface area contributed by atoms with E-state index >= 15 is 0 Å². The average molecular weight is 378 g/mol. The molecule has 1 N–H and O–H groups in total. The first kappa shape index (κ1) is 18.8. The molecule has 5 heteroatoms. The molecule has 1 fully saturated rings. The van der Waals surface area contributed by atoms with Crippen molar-refractivity contribution in [2.45, 2.75) is 39.4 Å². The van der Waals surface area contributed by atoms with E-state index in [1.54, 1.807) is 12.1 Å². The maximum atomic E-state index is 13.2. The van der Waals surface area contributed by atoms with Gasteiger partial charge in [0.05, 0.1) is 11.4 Å². The van der Waals surface area contributed by atoms with Crippen molar-refractivity contribution in [2.75, 3.05) is 13.1 Å². The van der Waals surface area contributed by atoms with E-state index in [2.05, 4.69) is 52.6 Å². The monoisotopic (exact) mass is 378 g/mol. The normalized spacial score (nSPS) is 17.3. The lowest BCUT2D eigenvalue weighted by molar-refractivity contribution is 0.320. The van der Waals surface area contributed by atoms with Crippen molar-refractivity contribution in [1.82, 2.24) is 20.0 Å². The Morgan fingerprint density at radius 2 is 1.82 bits per heavy atom. The second-order valence-corrected chi connectivity index (χ2v) is 7.62. The number of aryl methyl sites for hydroxylation is 1. The van der Waals surface area contributed by atoms with Crippen molar-refractivity contribution in [2.24, 2.45) is 0 Å². The highest BCUT2D eigenvalue weighted by atomic mass is 19.1. The van der Waals surface area contributed by atoms with Gasteiger partial charge in [0.15, 0.2) is 0 Å². The van der Waals surface area contributed by atoms with Gasteiger partial charge in [-0.1, -0.05) is 30.3 Å². The molecule has 28 heavy (non-hydrogen) atoms. The first-order chi connectivity index (χ1) is 13.6. The van der Waals surface area contributed by atoms with Crippen LogP contribution in [0.25, 0.3) is 5.69 Å². The zero-order chi connectivity index (χ0) is 19.5. The number of likely N-dealkylation sites (tertiary alicyclic amines) is 1. The molecule has 3 aromatic rings. The Morgan fingerprint density at radius 1 is 1.07 bits per heavy atom. The Morgan fingerprint density at radius 3 is 2.57 bits per heavy atom. The van der Waals surface area contributed by atoms with Gasteiger partial charge < -0.3 is 5.32 Å². The smallest absolute Gasteiger partial charge is 0.123 e. The van der Waals surface area contributed by atoms with E-state index in [0.717, 1.165) is 49.7 Å². The third kappa shape index (κ3) is 4.16. The van der Waals surface area contributed by atoms with Crippen molar-refractivity contribution < 1.29 is 4.39 Å². The lowest BCUT2D eigenvalue weighted by Gasteiger charge is -2.17. The van der Waals surface area contributed by atoms with Gasteiger partial charge in [-0.2, -0.15) is 5.10 Å². The summed E-state index contributed by atoms with van der Waals surface area (Å²) in [6, 6.07) is 17.6. The second-order valence-electron chi connectivity index (χ2n) is 7.62. The number of rotatable bonds is 6. The van der Waals surface area contributed by atoms with E-state index in [0.29, 0.717) is 6.04 Å². The van der Waals surface area contributed by atoms with Crippen LogP contribution in [0.1, 0.15) is 28.9 Å². The number of benzene rings is 2. The van der Waals surface area contributed by atoms with Crippen LogP contribution in [0.15, 0.2) is 54.6 Å². The predicted molar refractivity (Wildman–Crippen MR) is 110 cm³/mol. The van der Waals surface area contributed by atoms with Crippen LogP contribution in [-0.2, 0) is 13.1 Å². The van der Waals surface area contributed by atoms with Crippen LogP contribution in [0.3, 0.4) is 0 Å². The van der Waals surface area contributed by atoms with Crippen molar-refractivity contribution in [3.63, 3.8) is 0 Å². The van der Waals surface area contributed by atoms with Gasteiger partial charge in [-0.3, -0.25) is 4.90 Å². The van der Waals surface area contributed by atoms with E-state index in [4.69, 9.17) is 0 Å². The molecule has 1 aliphatic heterocycles. The topological polar surface area (TPSA) is 33.1 Å². The van der Waals surface area contributed by atoms with Crippen LogP contribution in [0.4, 0.5) is 4.39 Å². The van der Waals surface area contributed by atoms with E-state index in [-0.39, 0.29) is 5.82 Å². The molecule has 0 aliphatic carbocycles. The van der Waals surface area contributed by atoms with Crippen molar-refractivity contribution in [3.8, 4) is 5.69 Å². The first-order valence-corrected chi connectivity index (χ1v) is 9.91. The largest absolute Gasteiger partial charge is 0.308 e. The minimum absolute atomic E-state index is 0.228. The number of halogens is 1. The summed E-state index contributed by atoms with van der Waals surface area (Å²) < 4.78 is 15.1. The van der Waals surface area contributed by atoms with Gasteiger partial charge in [-0.15, -0.1) is 0 Å². The minimum atomic E-state index is -0.228. The molecule has 0 radical (unpaired) electrons.